The molecule has 0 radical (unpaired) electrons. The molecule has 124 valence electrons. The maximum absolute atomic E-state index is 12.4. The van der Waals surface area contributed by atoms with Crippen molar-refractivity contribution in [3.63, 3.8) is 0 Å². The van der Waals surface area contributed by atoms with Crippen LogP contribution in [-0.2, 0) is 11.3 Å². The molecule has 1 rings (SSSR count). The second-order valence-electron chi connectivity index (χ2n) is 6.12. The van der Waals surface area contributed by atoms with Gasteiger partial charge >= 0.3 is 6.09 Å². The van der Waals surface area contributed by atoms with Gasteiger partial charge in [-0.25, -0.2) is 13.6 Å². The number of rotatable bonds is 6. The molecule has 1 aromatic rings. The Labute approximate surface area is 130 Å². The number of nitrogens with zero attached hydrogens (tertiary/aromatic N) is 1. The van der Waals surface area contributed by atoms with Crippen LogP contribution in [0.3, 0.4) is 0 Å². The number of amides is 1. The first-order valence-electron chi connectivity index (χ1n) is 7.21. The van der Waals surface area contributed by atoms with Crippen LogP contribution in [0.25, 0.3) is 0 Å². The highest BCUT2D eigenvalue weighted by atomic mass is 19.3. The molecule has 1 N–H and O–H groups in total. The largest absolute Gasteiger partial charge is 0.444 e. The van der Waals surface area contributed by atoms with Crippen molar-refractivity contribution in [3.8, 4) is 0 Å². The molecule has 1 amide bonds. The predicted octanol–water partition coefficient (Wildman–Crippen LogP) is 3.58. The van der Waals surface area contributed by atoms with E-state index in [0.717, 1.165) is 5.56 Å². The van der Waals surface area contributed by atoms with E-state index < -0.39 is 12.0 Å². The van der Waals surface area contributed by atoms with Gasteiger partial charge in [-0.05, 0) is 26.3 Å². The topological polar surface area (TPSA) is 41.6 Å². The van der Waals surface area contributed by atoms with Gasteiger partial charge < -0.3 is 15.0 Å². The number of halogens is 2. The van der Waals surface area contributed by atoms with Crippen molar-refractivity contribution < 1.29 is 18.3 Å². The SMILES string of the molecule is CN(CCNCc1ccc(C(F)F)cc1)C(=O)OC(C)(C)C. The summed E-state index contributed by atoms with van der Waals surface area (Å²) in [5.74, 6) is 0. The highest BCUT2D eigenvalue weighted by molar-refractivity contribution is 5.67. The maximum Gasteiger partial charge on any atom is 0.410 e. The highest BCUT2D eigenvalue weighted by Crippen LogP contribution is 2.18. The first-order chi connectivity index (χ1) is 10.2. The molecule has 0 unspecified atom stereocenters. The number of benzene rings is 1. The average molecular weight is 314 g/mol. The molecule has 0 aliphatic heterocycles. The fraction of sp³-hybridized carbons (Fsp3) is 0.562. The summed E-state index contributed by atoms with van der Waals surface area (Å²) in [4.78, 5) is 13.2. The minimum Gasteiger partial charge on any atom is -0.444 e. The molecule has 0 bridgehead atoms. The summed E-state index contributed by atoms with van der Waals surface area (Å²) < 4.78 is 30.1. The van der Waals surface area contributed by atoms with E-state index in [1.165, 1.54) is 17.0 Å². The van der Waals surface area contributed by atoms with Gasteiger partial charge in [0.15, 0.2) is 0 Å². The van der Waals surface area contributed by atoms with Crippen LogP contribution in [-0.4, -0.2) is 36.7 Å². The molecule has 0 aromatic heterocycles. The molecule has 6 heteroatoms. The number of carbonyl (C=O) groups is 1. The molecule has 0 saturated carbocycles. The Hall–Kier alpha value is -1.69. The van der Waals surface area contributed by atoms with Gasteiger partial charge in [-0.3, -0.25) is 0 Å². The molecule has 0 aliphatic rings. The molecule has 22 heavy (non-hydrogen) atoms. The Kier molecular flexibility index (Phi) is 6.74. The summed E-state index contributed by atoms with van der Waals surface area (Å²) in [6.07, 6.45) is -2.81. The van der Waals surface area contributed by atoms with Gasteiger partial charge in [0.2, 0.25) is 0 Å². The number of hydrogen-bond acceptors (Lipinski definition) is 3. The van der Waals surface area contributed by atoms with Crippen LogP contribution < -0.4 is 5.32 Å². The van der Waals surface area contributed by atoms with Crippen molar-refractivity contribution in [2.24, 2.45) is 0 Å². The standard InChI is InChI=1S/C16H24F2N2O2/c1-16(2,3)22-15(21)20(4)10-9-19-11-12-5-7-13(8-6-12)14(17)18/h5-8,14,19H,9-11H2,1-4H3. The van der Waals surface area contributed by atoms with Gasteiger partial charge in [-0.2, -0.15) is 0 Å². The van der Waals surface area contributed by atoms with Gasteiger partial charge in [0, 0.05) is 32.2 Å². The van der Waals surface area contributed by atoms with E-state index in [9.17, 15) is 13.6 Å². The monoisotopic (exact) mass is 314 g/mol. The van der Waals surface area contributed by atoms with Crippen LogP contribution in [0.1, 0.15) is 38.3 Å². The van der Waals surface area contributed by atoms with E-state index in [1.807, 2.05) is 20.8 Å². The summed E-state index contributed by atoms with van der Waals surface area (Å²) in [6, 6.07) is 6.20. The highest BCUT2D eigenvalue weighted by Gasteiger charge is 2.18. The Bertz CT molecular complexity index is 470. The molecule has 1 aromatic carbocycles. The molecule has 0 atom stereocenters. The number of carbonyl (C=O) groups excluding carboxylic acids is 1. The Morgan fingerprint density at radius 2 is 1.86 bits per heavy atom. The van der Waals surface area contributed by atoms with Crippen molar-refractivity contribution in [2.45, 2.75) is 39.3 Å². The zero-order valence-electron chi connectivity index (χ0n) is 13.5. The third kappa shape index (κ3) is 6.85. The quantitative estimate of drug-likeness (QED) is 0.816. The van der Waals surface area contributed by atoms with Gasteiger partial charge in [0.05, 0.1) is 0 Å². The van der Waals surface area contributed by atoms with Crippen molar-refractivity contribution >= 4 is 6.09 Å². The third-order valence-electron chi connectivity index (χ3n) is 2.89. The van der Waals surface area contributed by atoms with E-state index in [0.29, 0.717) is 19.6 Å². The van der Waals surface area contributed by atoms with Crippen LogP contribution in [0.4, 0.5) is 13.6 Å². The molecule has 4 nitrogen and oxygen atoms in total. The summed E-state index contributed by atoms with van der Waals surface area (Å²) in [6.45, 7) is 7.11. The van der Waals surface area contributed by atoms with Crippen molar-refractivity contribution in [3.05, 3.63) is 35.4 Å². The lowest BCUT2D eigenvalue weighted by Gasteiger charge is -2.24. The molecule has 0 spiro atoms. The van der Waals surface area contributed by atoms with Crippen LogP contribution in [0.15, 0.2) is 24.3 Å². The minimum atomic E-state index is -2.44. The van der Waals surface area contributed by atoms with E-state index >= 15 is 0 Å². The molecular weight excluding hydrogens is 290 g/mol. The number of likely N-dealkylation sites (N-methyl/N-ethyl adjacent to an activating group) is 1. The summed E-state index contributed by atoms with van der Waals surface area (Å²) in [7, 11) is 1.67. The second-order valence-corrected chi connectivity index (χ2v) is 6.12. The molecule has 0 saturated heterocycles. The minimum absolute atomic E-state index is 0.0217. The lowest BCUT2D eigenvalue weighted by Crippen LogP contribution is -2.37. The predicted molar refractivity (Wildman–Crippen MR) is 82.0 cm³/mol. The molecular formula is C16H24F2N2O2. The average Bonchev–Trinajstić information content (AvgIpc) is 2.42. The van der Waals surface area contributed by atoms with E-state index in [1.54, 1.807) is 19.2 Å². The Morgan fingerprint density at radius 1 is 1.27 bits per heavy atom. The van der Waals surface area contributed by atoms with Crippen LogP contribution in [0.5, 0.6) is 0 Å². The lowest BCUT2D eigenvalue weighted by atomic mass is 10.1. The number of nitrogens with one attached hydrogen (secondary N) is 1. The van der Waals surface area contributed by atoms with Crippen molar-refractivity contribution in [1.82, 2.24) is 10.2 Å². The zero-order chi connectivity index (χ0) is 16.8. The first-order valence-corrected chi connectivity index (χ1v) is 7.21. The Balaban J connectivity index is 2.28. The first kappa shape index (κ1) is 18.4. The van der Waals surface area contributed by atoms with Crippen molar-refractivity contribution in [1.29, 1.82) is 0 Å². The number of alkyl halides is 2. The number of hydrogen-bond donors (Lipinski definition) is 1. The van der Waals surface area contributed by atoms with Crippen molar-refractivity contribution in [2.75, 3.05) is 20.1 Å². The number of ether oxygens (including phenoxy) is 1. The fourth-order valence-corrected chi connectivity index (χ4v) is 1.69. The Morgan fingerprint density at radius 3 is 2.36 bits per heavy atom. The van der Waals surface area contributed by atoms with Gasteiger partial charge in [0.25, 0.3) is 6.43 Å². The normalized spacial score (nSPS) is 11.6. The second kappa shape index (κ2) is 8.08. The van der Waals surface area contributed by atoms with Crippen LogP contribution >= 0.6 is 0 Å². The van der Waals surface area contributed by atoms with Gasteiger partial charge in [0.1, 0.15) is 5.60 Å². The van der Waals surface area contributed by atoms with Crippen LogP contribution in [0.2, 0.25) is 0 Å². The lowest BCUT2D eigenvalue weighted by molar-refractivity contribution is 0.0300. The van der Waals surface area contributed by atoms with E-state index in [2.05, 4.69) is 5.32 Å². The van der Waals surface area contributed by atoms with E-state index in [4.69, 9.17) is 4.74 Å². The molecule has 0 heterocycles. The smallest absolute Gasteiger partial charge is 0.410 e. The van der Waals surface area contributed by atoms with Gasteiger partial charge in [-0.1, -0.05) is 24.3 Å². The summed E-state index contributed by atoms with van der Waals surface area (Å²) >= 11 is 0. The summed E-state index contributed by atoms with van der Waals surface area (Å²) in [5, 5.41) is 3.16. The van der Waals surface area contributed by atoms with Crippen LogP contribution in [0, 0.1) is 0 Å². The third-order valence-corrected chi connectivity index (χ3v) is 2.89. The molecule has 0 aliphatic carbocycles. The van der Waals surface area contributed by atoms with Gasteiger partial charge in [-0.15, -0.1) is 0 Å². The van der Waals surface area contributed by atoms with E-state index in [-0.39, 0.29) is 11.7 Å². The summed E-state index contributed by atoms with van der Waals surface area (Å²) in [5.41, 5.74) is 0.434. The molecule has 0 fully saturated rings. The maximum atomic E-state index is 12.4. The fourth-order valence-electron chi connectivity index (χ4n) is 1.69. The zero-order valence-corrected chi connectivity index (χ0v) is 13.5.